The summed E-state index contributed by atoms with van der Waals surface area (Å²) in [4.78, 5) is 4.12. The summed E-state index contributed by atoms with van der Waals surface area (Å²) in [7, 11) is 0. The molecule has 4 bridgehead atoms. The molecule has 1 aromatic rings. The second kappa shape index (κ2) is 4.64. The van der Waals surface area contributed by atoms with Gasteiger partial charge in [-0.3, -0.25) is 0 Å². The molecule has 1 atom stereocenters. The lowest BCUT2D eigenvalue weighted by Crippen LogP contribution is -2.49. The van der Waals surface area contributed by atoms with E-state index in [2.05, 4.69) is 11.9 Å². The zero-order valence-electron chi connectivity index (χ0n) is 12.2. The Bertz CT molecular complexity index is 474. The van der Waals surface area contributed by atoms with Crippen LogP contribution in [0, 0.1) is 29.6 Å². The first-order valence-corrected chi connectivity index (χ1v) is 8.08. The number of nitrogen functional groups attached to an aromatic ring is 1. The van der Waals surface area contributed by atoms with E-state index in [9.17, 15) is 0 Å². The first-order chi connectivity index (χ1) is 9.70. The number of nitrogens with two attached hydrogens (primary N) is 1. The second-order valence-electron chi connectivity index (χ2n) is 7.22. The van der Waals surface area contributed by atoms with Gasteiger partial charge in [-0.25, -0.2) is 4.98 Å². The number of anilines is 1. The van der Waals surface area contributed by atoms with E-state index in [1.54, 1.807) is 6.20 Å². The van der Waals surface area contributed by atoms with E-state index in [-0.39, 0.29) is 6.10 Å². The summed E-state index contributed by atoms with van der Waals surface area (Å²) in [5.74, 6) is 5.81. The maximum absolute atomic E-state index is 6.18. The summed E-state index contributed by atoms with van der Waals surface area (Å²) >= 11 is 0. The van der Waals surface area contributed by atoms with Crippen molar-refractivity contribution in [1.82, 2.24) is 4.98 Å². The van der Waals surface area contributed by atoms with Gasteiger partial charge in [-0.1, -0.05) is 0 Å². The molecule has 4 aliphatic carbocycles. The zero-order valence-corrected chi connectivity index (χ0v) is 12.2. The minimum Gasteiger partial charge on any atom is -0.487 e. The Morgan fingerprint density at radius 2 is 1.80 bits per heavy atom. The molecule has 0 saturated heterocycles. The van der Waals surface area contributed by atoms with Crippen LogP contribution in [0.3, 0.4) is 0 Å². The quantitative estimate of drug-likeness (QED) is 0.916. The highest BCUT2D eigenvalue weighted by molar-refractivity contribution is 5.44. The molecular formula is C17H24N2O. The van der Waals surface area contributed by atoms with Crippen molar-refractivity contribution in [1.29, 1.82) is 0 Å². The van der Waals surface area contributed by atoms with Gasteiger partial charge in [0.15, 0.2) is 11.6 Å². The van der Waals surface area contributed by atoms with Crippen molar-refractivity contribution in [2.45, 2.75) is 45.1 Å². The molecule has 2 N–H and O–H groups in total. The van der Waals surface area contributed by atoms with Crippen molar-refractivity contribution in [3.63, 3.8) is 0 Å². The summed E-state index contributed by atoms with van der Waals surface area (Å²) in [5.41, 5.74) is 5.91. The standard InChI is InChI=1S/C17H24N2O/c1-10(20-15-3-2-4-19-17(15)18)16-13-6-11-5-12(8-13)9-14(16)7-11/h2-4,10-14,16H,5-9H2,1H3,(H2,18,19). The number of aromatic nitrogens is 1. The van der Waals surface area contributed by atoms with Crippen molar-refractivity contribution >= 4 is 5.82 Å². The van der Waals surface area contributed by atoms with Crippen molar-refractivity contribution < 1.29 is 4.74 Å². The highest BCUT2D eigenvalue weighted by atomic mass is 16.5. The lowest BCUT2D eigenvalue weighted by molar-refractivity contribution is -0.0770. The Labute approximate surface area is 120 Å². The molecule has 108 valence electrons. The third kappa shape index (κ3) is 1.99. The average Bonchev–Trinajstić information content (AvgIpc) is 2.40. The van der Waals surface area contributed by atoms with Gasteiger partial charge in [0.25, 0.3) is 0 Å². The summed E-state index contributed by atoms with van der Waals surface area (Å²) in [5, 5.41) is 0. The maximum atomic E-state index is 6.18. The Hall–Kier alpha value is -1.25. The van der Waals surface area contributed by atoms with Gasteiger partial charge in [-0.15, -0.1) is 0 Å². The molecule has 0 spiro atoms. The van der Waals surface area contributed by atoms with Crippen molar-refractivity contribution in [3.8, 4) is 5.75 Å². The second-order valence-corrected chi connectivity index (χ2v) is 7.22. The molecule has 1 aromatic heterocycles. The first-order valence-electron chi connectivity index (χ1n) is 8.08. The highest BCUT2D eigenvalue weighted by Crippen LogP contribution is 2.57. The van der Waals surface area contributed by atoms with Gasteiger partial charge in [0.2, 0.25) is 0 Å². The predicted octanol–water partition coefficient (Wildman–Crippen LogP) is 3.50. The van der Waals surface area contributed by atoms with E-state index in [1.807, 2.05) is 12.1 Å². The zero-order chi connectivity index (χ0) is 13.7. The van der Waals surface area contributed by atoms with Gasteiger partial charge < -0.3 is 10.5 Å². The molecular weight excluding hydrogens is 248 g/mol. The van der Waals surface area contributed by atoms with Crippen LogP contribution in [0.5, 0.6) is 5.75 Å². The van der Waals surface area contributed by atoms with Crippen LogP contribution in [0.15, 0.2) is 18.3 Å². The molecule has 1 unspecified atom stereocenters. The Morgan fingerprint density at radius 1 is 1.15 bits per heavy atom. The predicted molar refractivity (Wildman–Crippen MR) is 79.3 cm³/mol. The minimum absolute atomic E-state index is 0.261. The van der Waals surface area contributed by atoms with Crippen LogP contribution in [0.2, 0.25) is 0 Å². The molecule has 0 aromatic carbocycles. The fraction of sp³-hybridized carbons (Fsp3) is 0.706. The third-order valence-electron chi connectivity index (χ3n) is 5.95. The molecule has 4 saturated carbocycles. The summed E-state index contributed by atoms with van der Waals surface area (Å²) < 4.78 is 6.18. The molecule has 4 fully saturated rings. The fourth-order valence-corrected chi connectivity index (χ4v) is 5.52. The van der Waals surface area contributed by atoms with Crippen molar-refractivity contribution in [3.05, 3.63) is 18.3 Å². The SMILES string of the molecule is CC(Oc1cccnc1N)C1C2CC3CC(C2)CC1C3. The van der Waals surface area contributed by atoms with E-state index in [0.29, 0.717) is 5.82 Å². The largest absolute Gasteiger partial charge is 0.487 e. The molecule has 0 aliphatic heterocycles. The molecule has 4 aliphatic rings. The smallest absolute Gasteiger partial charge is 0.166 e. The number of nitrogens with zero attached hydrogens (tertiary/aromatic N) is 1. The molecule has 0 amide bonds. The van der Waals surface area contributed by atoms with Gasteiger partial charge in [-0.2, -0.15) is 0 Å². The lowest BCUT2D eigenvalue weighted by atomic mass is 9.51. The number of pyridine rings is 1. The maximum Gasteiger partial charge on any atom is 0.166 e. The van der Waals surface area contributed by atoms with Crippen molar-refractivity contribution in [2.75, 3.05) is 5.73 Å². The number of hydrogen-bond acceptors (Lipinski definition) is 3. The number of hydrogen-bond donors (Lipinski definition) is 1. The molecule has 5 rings (SSSR count). The normalized spacial score (nSPS) is 39.8. The van der Waals surface area contributed by atoms with Crippen LogP contribution < -0.4 is 10.5 Å². The van der Waals surface area contributed by atoms with Crippen LogP contribution in [0.4, 0.5) is 5.82 Å². The van der Waals surface area contributed by atoms with E-state index in [0.717, 1.165) is 35.3 Å². The average molecular weight is 272 g/mol. The summed E-state index contributed by atoms with van der Waals surface area (Å²) in [6.45, 7) is 2.24. The number of ether oxygens (including phenoxy) is 1. The molecule has 3 heteroatoms. The van der Waals surface area contributed by atoms with Gasteiger partial charge in [0.1, 0.15) is 0 Å². The number of rotatable bonds is 3. The van der Waals surface area contributed by atoms with E-state index >= 15 is 0 Å². The third-order valence-corrected chi connectivity index (χ3v) is 5.95. The van der Waals surface area contributed by atoms with Crippen LogP contribution in [0.25, 0.3) is 0 Å². The van der Waals surface area contributed by atoms with E-state index in [4.69, 9.17) is 10.5 Å². The van der Waals surface area contributed by atoms with Crippen LogP contribution in [0.1, 0.15) is 39.0 Å². The first kappa shape index (κ1) is 12.5. The molecule has 20 heavy (non-hydrogen) atoms. The van der Waals surface area contributed by atoms with Crippen LogP contribution in [-0.2, 0) is 0 Å². The van der Waals surface area contributed by atoms with E-state index < -0.39 is 0 Å². The van der Waals surface area contributed by atoms with Gasteiger partial charge in [0.05, 0.1) is 6.10 Å². The molecule has 1 heterocycles. The fourth-order valence-electron chi connectivity index (χ4n) is 5.52. The Kier molecular flexibility index (Phi) is 2.90. The van der Waals surface area contributed by atoms with Gasteiger partial charge in [0, 0.05) is 12.1 Å². The topological polar surface area (TPSA) is 48.1 Å². The highest BCUT2D eigenvalue weighted by Gasteiger charge is 2.50. The Balaban J connectivity index is 1.51. The molecule has 0 radical (unpaired) electrons. The minimum atomic E-state index is 0.261. The van der Waals surface area contributed by atoms with Gasteiger partial charge in [-0.05, 0) is 74.8 Å². The van der Waals surface area contributed by atoms with Crippen molar-refractivity contribution in [2.24, 2.45) is 29.6 Å². The molecule has 3 nitrogen and oxygen atoms in total. The van der Waals surface area contributed by atoms with Gasteiger partial charge >= 0.3 is 0 Å². The monoisotopic (exact) mass is 272 g/mol. The summed E-state index contributed by atoms with van der Waals surface area (Å²) in [6.07, 6.45) is 9.24. The van der Waals surface area contributed by atoms with E-state index in [1.165, 1.54) is 32.1 Å². The van der Waals surface area contributed by atoms with Crippen LogP contribution in [-0.4, -0.2) is 11.1 Å². The van der Waals surface area contributed by atoms with Crippen LogP contribution >= 0.6 is 0 Å². The lowest BCUT2D eigenvalue weighted by Gasteiger charge is -2.55. The summed E-state index contributed by atoms with van der Waals surface area (Å²) in [6, 6.07) is 3.84. The Morgan fingerprint density at radius 3 is 2.40 bits per heavy atom.